The van der Waals surface area contributed by atoms with Crippen LogP contribution in [0.25, 0.3) is 0 Å². The van der Waals surface area contributed by atoms with Crippen LogP contribution in [0.15, 0.2) is 6.07 Å². The number of phenols is 1. The molecule has 1 aromatic carbocycles. The molecule has 2 aliphatic carbocycles. The second-order valence-electron chi connectivity index (χ2n) is 10.2. The highest BCUT2D eigenvalue weighted by atomic mass is 16.5. The van der Waals surface area contributed by atoms with E-state index < -0.39 is 54.7 Å². The van der Waals surface area contributed by atoms with Crippen LogP contribution in [0.3, 0.4) is 0 Å². The second kappa shape index (κ2) is 7.02. The lowest BCUT2D eigenvalue weighted by Gasteiger charge is -2.58. The van der Waals surface area contributed by atoms with Crippen LogP contribution in [0, 0.1) is 5.92 Å². The molecule has 5 aliphatic rings. The first-order valence-electron chi connectivity index (χ1n) is 11.5. The van der Waals surface area contributed by atoms with Crippen molar-refractivity contribution in [3.05, 3.63) is 22.8 Å². The smallest absolute Gasteiger partial charge is 0.165 e. The molecule has 32 heavy (non-hydrogen) atoms. The average molecular weight is 450 g/mol. The van der Waals surface area contributed by atoms with Crippen molar-refractivity contribution in [3.8, 4) is 11.5 Å². The maximum atomic E-state index is 11.0. The van der Waals surface area contributed by atoms with E-state index in [9.17, 15) is 30.6 Å². The van der Waals surface area contributed by atoms with Gasteiger partial charge in [-0.25, -0.2) is 0 Å². The summed E-state index contributed by atoms with van der Waals surface area (Å²) >= 11 is 0. The van der Waals surface area contributed by atoms with Crippen LogP contribution in [0.1, 0.15) is 42.1 Å². The van der Waals surface area contributed by atoms with Gasteiger partial charge in [0.25, 0.3) is 0 Å². The molecular formula is C23H31NO8. The molecule has 9 nitrogen and oxygen atoms in total. The van der Waals surface area contributed by atoms with Crippen molar-refractivity contribution in [2.45, 2.75) is 79.9 Å². The number of aromatic hydroxyl groups is 1. The highest BCUT2D eigenvalue weighted by Gasteiger charge is 2.66. The Morgan fingerprint density at radius 3 is 2.66 bits per heavy atom. The van der Waals surface area contributed by atoms with Gasteiger partial charge in [0.05, 0.1) is 12.7 Å². The van der Waals surface area contributed by atoms with E-state index in [1.807, 2.05) is 0 Å². The number of benzene rings is 1. The Labute approximate surface area is 185 Å². The molecule has 2 saturated heterocycles. The maximum absolute atomic E-state index is 11.0. The van der Waals surface area contributed by atoms with Crippen molar-refractivity contribution in [1.82, 2.24) is 4.90 Å². The van der Waals surface area contributed by atoms with Gasteiger partial charge in [0.2, 0.25) is 0 Å². The molecule has 0 radical (unpaired) electrons. The molecule has 1 spiro atoms. The van der Waals surface area contributed by atoms with Gasteiger partial charge < -0.3 is 45.0 Å². The topological polar surface area (TPSA) is 143 Å². The average Bonchev–Trinajstić information content (AvgIpc) is 3.13. The van der Waals surface area contributed by atoms with E-state index in [0.717, 1.165) is 30.5 Å². The Bertz CT molecular complexity index is 939. The van der Waals surface area contributed by atoms with Crippen LogP contribution in [-0.4, -0.2) is 98.4 Å². The number of hydrogen-bond donors (Lipinski definition) is 6. The van der Waals surface area contributed by atoms with Crippen molar-refractivity contribution < 1.29 is 40.1 Å². The van der Waals surface area contributed by atoms with Gasteiger partial charge in [-0.15, -0.1) is 0 Å². The minimum atomic E-state index is -1.49. The summed E-state index contributed by atoms with van der Waals surface area (Å²) in [6.45, 7) is 0.347. The molecule has 6 rings (SSSR count). The highest BCUT2D eigenvalue weighted by molar-refractivity contribution is 5.64. The van der Waals surface area contributed by atoms with E-state index in [-0.39, 0.29) is 17.7 Å². The Morgan fingerprint density at radius 1 is 1.12 bits per heavy atom. The fourth-order valence-corrected chi connectivity index (χ4v) is 7.44. The lowest BCUT2D eigenvalue weighted by Crippen LogP contribution is -2.66. The first-order chi connectivity index (χ1) is 15.3. The molecule has 9 heteroatoms. The van der Waals surface area contributed by atoms with Crippen LogP contribution in [0.5, 0.6) is 11.5 Å². The molecule has 6 N–H and O–H groups in total. The van der Waals surface area contributed by atoms with E-state index in [1.54, 1.807) is 0 Å². The standard InChI is InChI=1S/C23H31NO8/c1-24-5-4-23-11-2-3-13(26)22(23)32-21-14(27)7-10(9(16(21)23)6-12(11)24)20-19(30)18(29)17(28)15(8-25)31-20/h7,11-13,15,17-20,22,25-30H,2-6,8H2,1H3/t11-,12+,13-,15+,17+,18-,19+,20?,22-,23-/m0/s1. The highest BCUT2D eigenvalue weighted by Crippen LogP contribution is 2.64. The number of ether oxygens (including phenoxy) is 2. The minimum absolute atomic E-state index is 0.0807. The summed E-state index contributed by atoms with van der Waals surface area (Å²) in [4.78, 5) is 2.34. The number of rotatable bonds is 2. The normalized spacial score (nSPS) is 47.1. The summed E-state index contributed by atoms with van der Waals surface area (Å²) in [7, 11) is 2.10. The quantitative estimate of drug-likeness (QED) is 0.333. The van der Waals surface area contributed by atoms with E-state index in [4.69, 9.17) is 9.47 Å². The largest absolute Gasteiger partial charge is 0.504 e. The Hall–Kier alpha value is -1.46. The number of piperidine rings is 1. The van der Waals surface area contributed by atoms with Gasteiger partial charge in [0, 0.05) is 17.0 Å². The molecule has 0 aromatic heterocycles. The Kier molecular flexibility index (Phi) is 4.63. The summed E-state index contributed by atoms with van der Waals surface area (Å²) in [5, 5.41) is 62.9. The predicted octanol–water partition coefficient (Wildman–Crippen LogP) is -1.06. The molecule has 2 bridgehead atoms. The van der Waals surface area contributed by atoms with Crippen molar-refractivity contribution >= 4 is 0 Å². The monoisotopic (exact) mass is 449 g/mol. The van der Waals surface area contributed by atoms with Crippen molar-refractivity contribution in [2.24, 2.45) is 5.92 Å². The number of phenolic OH excluding ortho intramolecular Hbond substituents is 1. The lowest BCUT2D eigenvalue weighted by molar-refractivity contribution is -0.232. The SMILES string of the molecule is CN1CC[C@]23c4c5c(C6O[C@H](CO)[C@@H](O)[C@H](O)[C@H]6O)cc(O)c4O[C@H]2[C@@H](O)CC[C@H]3[C@H]1C5. The van der Waals surface area contributed by atoms with Gasteiger partial charge in [-0.05, 0) is 62.4 Å². The fourth-order valence-electron chi connectivity index (χ4n) is 7.44. The molecular weight excluding hydrogens is 418 g/mol. The summed E-state index contributed by atoms with van der Waals surface area (Å²) in [6, 6.07) is 1.73. The van der Waals surface area contributed by atoms with Crippen molar-refractivity contribution in [1.29, 1.82) is 0 Å². The Morgan fingerprint density at radius 2 is 1.91 bits per heavy atom. The zero-order valence-corrected chi connectivity index (χ0v) is 18.0. The molecule has 176 valence electrons. The van der Waals surface area contributed by atoms with E-state index in [1.165, 1.54) is 6.07 Å². The lowest BCUT2D eigenvalue weighted by atomic mass is 9.51. The molecule has 3 aliphatic heterocycles. The van der Waals surface area contributed by atoms with Gasteiger partial charge >= 0.3 is 0 Å². The predicted molar refractivity (Wildman–Crippen MR) is 110 cm³/mol. The molecule has 3 heterocycles. The van der Waals surface area contributed by atoms with Gasteiger partial charge in [-0.2, -0.15) is 0 Å². The number of hydrogen-bond acceptors (Lipinski definition) is 9. The van der Waals surface area contributed by atoms with Gasteiger partial charge in [-0.3, -0.25) is 0 Å². The van der Waals surface area contributed by atoms with Crippen LogP contribution < -0.4 is 4.74 Å². The number of likely N-dealkylation sites (N-methyl/N-ethyl adjacent to an activating group) is 1. The van der Waals surface area contributed by atoms with Gasteiger partial charge in [0.15, 0.2) is 11.5 Å². The molecule has 1 unspecified atom stereocenters. The summed E-state index contributed by atoms with van der Waals surface area (Å²) in [5.74, 6) is 0.614. The van der Waals surface area contributed by atoms with Crippen molar-refractivity contribution in [2.75, 3.05) is 20.2 Å². The maximum Gasteiger partial charge on any atom is 0.165 e. The number of aliphatic hydroxyl groups excluding tert-OH is 5. The molecule has 3 fully saturated rings. The van der Waals surface area contributed by atoms with Gasteiger partial charge in [0.1, 0.15) is 36.6 Å². The third-order valence-corrected chi connectivity index (χ3v) is 8.93. The molecule has 1 aromatic rings. The van der Waals surface area contributed by atoms with Crippen molar-refractivity contribution in [3.63, 3.8) is 0 Å². The first-order valence-corrected chi connectivity index (χ1v) is 11.5. The van der Waals surface area contributed by atoms with Crippen LogP contribution in [0.4, 0.5) is 0 Å². The fraction of sp³-hybridized carbons (Fsp3) is 0.739. The van der Waals surface area contributed by atoms with E-state index in [0.29, 0.717) is 24.2 Å². The van der Waals surface area contributed by atoms with E-state index in [2.05, 4.69) is 11.9 Å². The second-order valence-corrected chi connectivity index (χ2v) is 10.2. The summed E-state index contributed by atoms with van der Waals surface area (Å²) in [5.41, 5.74) is 1.94. The molecule has 10 atom stereocenters. The third-order valence-electron chi connectivity index (χ3n) is 8.93. The third kappa shape index (κ3) is 2.47. The van der Waals surface area contributed by atoms with Crippen LogP contribution in [-0.2, 0) is 16.6 Å². The minimum Gasteiger partial charge on any atom is -0.504 e. The summed E-state index contributed by atoms with van der Waals surface area (Å²) in [6.07, 6.45) is -4.47. The number of nitrogens with zero attached hydrogens (tertiary/aromatic N) is 1. The number of aliphatic hydroxyl groups is 5. The molecule has 0 amide bonds. The van der Waals surface area contributed by atoms with Crippen LogP contribution >= 0.6 is 0 Å². The zero-order valence-electron chi connectivity index (χ0n) is 18.0. The van der Waals surface area contributed by atoms with E-state index >= 15 is 0 Å². The van der Waals surface area contributed by atoms with Gasteiger partial charge in [-0.1, -0.05) is 0 Å². The zero-order chi connectivity index (χ0) is 22.5. The molecule has 1 saturated carbocycles. The number of likely N-dealkylation sites (tertiary alicyclic amines) is 1. The Balaban J connectivity index is 1.55. The van der Waals surface area contributed by atoms with Crippen LogP contribution in [0.2, 0.25) is 0 Å². The first kappa shape index (κ1) is 21.1. The summed E-state index contributed by atoms with van der Waals surface area (Å²) < 4.78 is 12.1.